The fourth-order valence-corrected chi connectivity index (χ4v) is 5.65. The Morgan fingerprint density at radius 3 is 2.49 bits per heavy atom. The second kappa shape index (κ2) is 10.8. The molecule has 1 heterocycles. The lowest BCUT2D eigenvalue weighted by atomic mass is 10.00. The van der Waals surface area contributed by atoms with Crippen LogP contribution < -0.4 is 9.62 Å². The van der Waals surface area contributed by atoms with Crippen LogP contribution >= 0.6 is 11.6 Å². The summed E-state index contributed by atoms with van der Waals surface area (Å²) in [6, 6.07) is 14.2. The molecule has 0 saturated heterocycles. The van der Waals surface area contributed by atoms with E-state index in [1.54, 1.807) is 24.3 Å². The second-order valence-electron chi connectivity index (χ2n) is 9.45. The topological polar surface area (TPSA) is 99.8 Å². The molecule has 0 bridgehead atoms. The van der Waals surface area contributed by atoms with Crippen molar-refractivity contribution in [3.63, 3.8) is 0 Å². The van der Waals surface area contributed by atoms with Crippen LogP contribution in [0.1, 0.15) is 45.8 Å². The highest BCUT2D eigenvalue weighted by Gasteiger charge is 2.32. The zero-order valence-electron chi connectivity index (χ0n) is 21.0. The largest absolute Gasteiger partial charge is 0.455 e. The molecule has 1 aliphatic carbocycles. The molecule has 0 unspecified atom stereocenters. The summed E-state index contributed by atoms with van der Waals surface area (Å²) in [5, 5.41) is 12.9. The molecule has 1 amide bonds. The summed E-state index contributed by atoms with van der Waals surface area (Å²) in [6.07, 6.45) is 1.79. The van der Waals surface area contributed by atoms with Gasteiger partial charge in [-0.1, -0.05) is 30.3 Å². The van der Waals surface area contributed by atoms with E-state index in [0.29, 0.717) is 49.5 Å². The fraction of sp³-hybridized carbons (Fsp3) is 0.207. The van der Waals surface area contributed by atoms with Crippen molar-refractivity contribution >= 4 is 50.6 Å². The van der Waals surface area contributed by atoms with Gasteiger partial charge in [-0.2, -0.15) is 0 Å². The molecule has 7 nitrogen and oxygen atoms in total. The van der Waals surface area contributed by atoms with Gasteiger partial charge in [-0.15, -0.1) is 0 Å². The van der Waals surface area contributed by atoms with E-state index in [-0.39, 0.29) is 30.7 Å². The minimum Gasteiger partial charge on any atom is -0.455 e. The molecule has 39 heavy (non-hydrogen) atoms. The predicted octanol–water partition coefficient (Wildman–Crippen LogP) is 5.67. The highest BCUT2D eigenvalue weighted by Crippen LogP contribution is 2.48. The Kier molecular flexibility index (Phi) is 7.48. The van der Waals surface area contributed by atoms with E-state index < -0.39 is 16.7 Å². The predicted molar refractivity (Wildman–Crippen MR) is 151 cm³/mol. The van der Waals surface area contributed by atoms with Gasteiger partial charge < -0.3 is 14.8 Å². The highest BCUT2D eigenvalue weighted by atomic mass is 35.5. The van der Waals surface area contributed by atoms with E-state index in [9.17, 15) is 22.7 Å². The van der Waals surface area contributed by atoms with Gasteiger partial charge in [0.1, 0.15) is 17.2 Å². The van der Waals surface area contributed by atoms with E-state index in [1.807, 2.05) is 6.07 Å². The summed E-state index contributed by atoms with van der Waals surface area (Å²) in [6.45, 7) is 3.56. The number of benzene rings is 3. The van der Waals surface area contributed by atoms with Crippen molar-refractivity contribution in [2.45, 2.75) is 25.3 Å². The Morgan fingerprint density at radius 2 is 1.90 bits per heavy atom. The lowest BCUT2D eigenvalue weighted by Crippen LogP contribution is -2.22. The maximum absolute atomic E-state index is 13.6. The molecule has 1 aliphatic rings. The molecule has 0 atom stereocenters. The number of anilines is 1. The minimum absolute atomic E-state index is 0.0172. The number of hydrogen-bond donors (Lipinski definition) is 3. The number of carbonyl (C=O) groups is 1. The monoisotopic (exact) mass is 568 g/mol. The van der Waals surface area contributed by atoms with Gasteiger partial charge in [0.2, 0.25) is 10.9 Å². The number of aliphatic hydroxyl groups is 1. The summed E-state index contributed by atoms with van der Waals surface area (Å²) in [7, 11) is -1.54. The quantitative estimate of drug-likeness (QED) is 0.226. The molecule has 202 valence electrons. The zero-order valence-corrected chi connectivity index (χ0v) is 22.7. The first-order valence-corrected chi connectivity index (χ1v) is 13.8. The fourth-order valence-electron chi connectivity index (χ4n) is 4.68. The van der Waals surface area contributed by atoms with Crippen molar-refractivity contribution < 1.29 is 27.1 Å². The molecular formula is C29H26ClFN2O5S. The Hall–Kier alpha value is -3.66. The first-order chi connectivity index (χ1) is 18.7. The molecule has 10 heteroatoms. The van der Waals surface area contributed by atoms with E-state index in [4.69, 9.17) is 16.0 Å². The van der Waals surface area contributed by atoms with Crippen LogP contribution in [0.25, 0.3) is 27.9 Å². The van der Waals surface area contributed by atoms with Crippen LogP contribution in [0.3, 0.4) is 0 Å². The normalized spacial score (nSPS) is 13.2. The maximum atomic E-state index is 13.6. The lowest BCUT2D eigenvalue weighted by molar-refractivity contribution is 0.0964. The highest BCUT2D eigenvalue weighted by molar-refractivity contribution is 7.74. The molecule has 0 aliphatic heterocycles. The van der Waals surface area contributed by atoms with Gasteiger partial charge in [-0.3, -0.25) is 9.10 Å². The van der Waals surface area contributed by atoms with Gasteiger partial charge in [0.15, 0.2) is 0 Å². The first kappa shape index (κ1) is 26.9. The standard InChI is InChI=1S/C29H26ClFN2O5S/c1-16(15-34)21-10-3-17(11-24(21)30)14-33(39(36)37)25-13-26-23(12-22(25)18-4-5-18)27(29(35)32-2)28(38-26)19-6-8-20(31)9-7-19/h3,6-13,18,34,39H,1,4-5,14-15H2,2H3,(H,32,35). The van der Waals surface area contributed by atoms with E-state index in [1.165, 1.54) is 35.6 Å². The summed E-state index contributed by atoms with van der Waals surface area (Å²) >= 11 is 6.40. The Bertz CT molecular complexity index is 1670. The van der Waals surface area contributed by atoms with E-state index >= 15 is 0 Å². The number of hydrogen-bond acceptors (Lipinski definition) is 5. The van der Waals surface area contributed by atoms with Gasteiger partial charge in [-0.25, -0.2) is 12.8 Å². The number of furan rings is 1. The first-order valence-electron chi connectivity index (χ1n) is 12.3. The van der Waals surface area contributed by atoms with Gasteiger partial charge in [0.25, 0.3) is 5.91 Å². The second-order valence-corrected chi connectivity index (χ2v) is 10.8. The van der Waals surface area contributed by atoms with Crippen LogP contribution in [0.5, 0.6) is 0 Å². The molecule has 4 aromatic rings. The van der Waals surface area contributed by atoms with E-state index in [2.05, 4.69) is 11.9 Å². The van der Waals surface area contributed by atoms with Crippen LogP contribution in [-0.2, 0) is 17.4 Å². The van der Waals surface area contributed by atoms with Crippen molar-refractivity contribution in [2.75, 3.05) is 18.0 Å². The van der Waals surface area contributed by atoms with Crippen LogP contribution in [0.4, 0.5) is 10.1 Å². The van der Waals surface area contributed by atoms with Crippen molar-refractivity contribution in [1.29, 1.82) is 0 Å². The summed E-state index contributed by atoms with van der Waals surface area (Å²) in [4.78, 5) is 13.0. The molecule has 0 spiro atoms. The summed E-state index contributed by atoms with van der Waals surface area (Å²) < 4.78 is 46.1. The van der Waals surface area contributed by atoms with Crippen LogP contribution in [-0.4, -0.2) is 33.1 Å². The number of rotatable bonds is 9. The average Bonchev–Trinajstić information content (AvgIpc) is 3.71. The molecule has 3 aromatic carbocycles. The molecule has 0 radical (unpaired) electrons. The van der Waals surface area contributed by atoms with Crippen molar-refractivity contribution in [2.24, 2.45) is 0 Å². The number of nitrogens with one attached hydrogen (secondary N) is 1. The van der Waals surface area contributed by atoms with Gasteiger partial charge >= 0.3 is 0 Å². The molecule has 1 fully saturated rings. The third-order valence-electron chi connectivity index (χ3n) is 6.83. The number of amides is 1. The van der Waals surface area contributed by atoms with Gasteiger partial charge in [-0.05, 0) is 77.4 Å². The van der Waals surface area contributed by atoms with Crippen molar-refractivity contribution in [1.82, 2.24) is 5.32 Å². The van der Waals surface area contributed by atoms with E-state index in [0.717, 1.165) is 18.4 Å². The summed E-state index contributed by atoms with van der Waals surface area (Å²) in [5.74, 6) is -0.373. The number of nitrogens with zero attached hydrogens (tertiary/aromatic N) is 1. The molecule has 5 rings (SSSR count). The number of thiol groups is 1. The van der Waals surface area contributed by atoms with Crippen LogP contribution in [0.15, 0.2) is 65.6 Å². The Balaban J connectivity index is 1.64. The Morgan fingerprint density at radius 1 is 1.18 bits per heavy atom. The van der Waals surface area contributed by atoms with Gasteiger partial charge in [0.05, 0.1) is 24.4 Å². The lowest BCUT2D eigenvalue weighted by Gasteiger charge is -2.22. The minimum atomic E-state index is -3.06. The maximum Gasteiger partial charge on any atom is 0.255 e. The number of fused-ring (bicyclic) bond motifs is 1. The number of carbonyl (C=O) groups excluding carboxylic acids is 1. The third-order valence-corrected chi connectivity index (χ3v) is 7.89. The average molecular weight is 569 g/mol. The molecule has 1 aromatic heterocycles. The van der Waals surface area contributed by atoms with Gasteiger partial charge in [0, 0.05) is 29.1 Å². The van der Waals surface area contributed by atoms with Crippen LogP contribution in [0, 0.1) is 5.82 Å². The zero-order chi connectivity index (χ0) is 27.8. The molecule has 2 N–H and O–H groups in total. The number of halogens is 2. The Labute approximate surface area is 231 Å². The summed E-state index contributed by atoms with van der Waals surface area (Å²) in [5.41, 5.74) is 4.12. The molecular weight excluding hydrogens is 543 g/mol. The van der Waals surface area contributed by atoms with Crippen molar-refractivity contribution in [3.8, 4) is 11.3 Å². The SMILES string of the molecule is C=C(CO)c1ccc(CN(c2cc3oc(-c4ccc(F)cc4)c(C(=O)NC)c3cc2C2CC2)[SH](=O)=O)cc1Cl. The number of aliphatic hydroxyl groups excluding tert-OH is 1. The third kappa shape index (κ3) is 5.30. The molecule has 1 saturated carbocycles. The van der Waals surface area contributed by atoms with Crippen LogP contribution in [0.2, 0.25) is 5.02 Å². The van der Waals surface area contributed by atoms with Crippen molar-refractivity contribution in [3.05, 3.63) is 94.3 Å². The smallest absolute Gasteiger partial charge is 0.255 e.